The zero-order valence-corrected chi connectivity index (χ0v) is 12.6. The number of benzene rings is 1. The maximum atomic E-state index is 5.21. The summed E-state index contributed by atoms with van der Waals surface area (Å²) in [7, 11) is 0. The highest BCUT2D eigenvalue weighted by atomic mass is 15.3. The summed E-state index contributed by atoms with van der Waals surface area (Å²) in [6.45, 7) is 8.99. The van der Waals surface area contributed by atoms with Gasteiger partial charge in [0.05, 0.1) is 6.21 Å². The van der Waals surface area contributed by atoms with Crippen molar-refractivity contribution in [1.82, 2.24) is 9.80 Å². The van der Waals surface area contributed by atoms with Gasteiger partial charge in [-0.2, -0.15) is 5.10 Å². The number of likely N-dealkylation sites (N-methyl/N-ethyl adjacent to an activating group) is 1. The Balaban J connectivity index is 1.85. The molecule has 1 fully saturated rings. The predicted octanol–water partition coefficient (Wildman–Crippen LogP) is 0.431. The largest absolute Gasteiger partial charge is 0.369 e. The molecule has 0 radical (unpaired) electrons. The second-order valence-corrected chi connectivity index (χ2v) is 5.22. The van der Waals surface area contributed by atoms with E-state index in [-0.39, 0.29) is 5.96 Å². The lowest BCUT2D eigenvalue weighted by Gasteiger charge is -2.34. The average molecular weight is 288 g/mol. The van der Waals surface area contributed by atoms with Crippen LogP contribution in [0.4, 0.5) is 0 Å². The second-order valence-electron chi connectivity index (χ2n) is 5.22. The van der Waals surface area contributed by atoms with Crippen LogP contribution in [0.3, 0.4) is 0 Å². The molecular weight excluding hydrogens is 264 g/mol. The monoisotopic (exact) mass is 288 g/mol. The van der Waals surface area contributed by atoms with E-state index in [9.17, 15) is 0 Å². The minimum absolute atomic E-state index is 0.0332. The summed E-state index contributed by atoms with van der Waals surface area (Å²) < 4.78 is 0. The van der Waals surface area contributed by atoms with Crippen molar-refractivity contribution in [3.8, 4) is 0 Å². The van der Waals surface area contributed by atoms with Crippen molar-refractivity contribution < 1.29 is 0 Å². The Morgan fingerprint density at radius 3 is 2.29 bits per heavy atom. The maximum Gasteiger partial charge on any atom is 0.211 e. The Hall–Kier alpha value is -1.92. The summed E-state index contributed by atoms with van der Waals surface area (Å²) in [5, 5.41) is 7.38. The van der Waals surface area contributed by atoms with E-state index in [0.29, 0.717) is 0 Å². The number of rotatable bonds is 5. The smallest absolute Gasteiger partial charge is 0.211 e. The number of nitrogens with two attached hydrogens (primary N) is 2. The van der Waals surface area contributed by atoms with E-state index >= 15 is 0 Å². The molecule has 0 aromatic heterocycles. The van der Waals surface area contributed by atoms with Crippen LogP contribution in [-0.2, 0) is 6.54 Å². The summed E-state index contributed by atoms with van der Waals surface area (Å²) in [5.41, 5.74) is 12.7. The van der Waals surface area contributed by atoms with Crippen LogP contribution >= 0.6 is 0 Å². The summed E-state index contributed by atoms with van der Waals surface area (Å²) in [6.07, 6.45) is 1.64. The molecule has 6 heteroatoms. The Morgan fingerprint density at radius 2 is 1.71 bits per heavy atom. The van der Waals surface area contributed by atoms with Gasteiger partial charge in [-0.05, 0) is 17.7 Å². The van der Waals surface area contributed by atoms with Crippen molar-refractivity contribution in [3.63, 3.8) is 0 Å². The standard InChI is InChI=1S/C15H24N6/c1-2-20-7-9-21(10-8-20)12-14-5-3-13(4-6-14)11-18-19-15(16)17/h3-6,11H,2,7-10,12H2,1H3,(H4,16,17,19). The highest BCUT2D eigenvalue weighted by molar-refractivity contribution is 5.81. The van der Waals surface area contributed by atoms with Crippen molar-refractivity contribution in [2.45, 2.75) is 13.5 Å². The first-order valence-electron chi connectivity index (χ1n) is 7.33. The molecule has 0 aliphatic carbocycles. The topological polar surface area (TPSA) is 83.2 Å². The molecule has 1 heterocycles. The molecular formula is C15H24N6. The molecule has 114 valence electrons. The van der Waals surface area contributed by atoms with E-state index in [4.69, 9.17) is 11.5 Å². The third-order valence-electron chi connectivity index (χ3n) is 3.68. The Labute approximate surface area is 126 Å². The molecule has 1 aliphatic rings. The third kappa shape index (κ3) is 5.17. The minimum atomic E-state index is -0.0332. The van der Waals surface area contributed by atoms with Gasteiger partial charge in [0, 0.05) is 32.7 Å². The molecule has 4 N–H and O–H groups in total. The van der Waals surface area contributed by atoms with Crippen LogP contribution < -0.4 is 11.5 Å². The molecule has 0 atom stereocenters. The van der Waals surface area contributed by atoms with Gasteiger partial charge in [0.25, 0.3) is 0 Å². The summed E-state index contributed by atoms with van der Waals surface area (Å²) >= 11 is 0. The first-order valence-corrected chi connectivity index (χ1v) is 7.33. The molecule has 1 aliphatic heterocycles. The van der Waals surface area contributed by atoms with Crippen molar-refractivity contribution >= 4 is 12.2 Å². The van der Waals surface area contributed by atoms with Gasteiger partial charge in [-0.3, -0.25) is 4.90 Å². The quantitative estimate of drug-likeness (QED) is 0.467. The van der Waals surface area contributed by atoms with E-state index in [1.807, 2.05) is 12.1 Å². The highest BCUT2D eigenvalue weighted by Gasteiger charge is 2.15. The summed E-state index contributed by atoms with van der Waals surface area (Å²) in [6, 6.07) is 8.32. The van der Waals surface area contributed by atoms with Gasteiger partial charge in [0.1, 0.15) is 0 Å². The third-order valence-corrected chi connectivity index (χ3v) is 3.68. The van der Waals surface area contributed by atoms with E-state index in [1.165, 1.54) is 18.7 Å². The molecule has 0 amide bonds. The van der Waals surface area contributed by atoms with Gasteiger partial charge in [0.15, 0.2) is 0 Å². The summed E-state index contributed by atoms with van der Waals surface area (Å²) in [4.78, 5) is 4.98. The Kier molecular flexibility index (Phi) is 5.71. The van der Waals surface area contributed by atoms with E-state index in [0.717, 1.165) is 31.7 Å². The predicted molar refractivity (Wildman–Crippen MR) is 87.2 cm³/mol. The molecule has 6 nitrogen and oxygen atoms in total. The van der Waals surface area contributed by atoms with Crippen LogP contribution in [0.5, 0.6) is 0 Å². The minimum Gasteiger partial charge on any atom is -0.369 e. The van der Waals surface area contributed by atoms with Gasteiger partial charge in [-0.15, -0.1) is 5.10 Å². The van der Waals surface area contributed by atoms with Crippen LogP contribution in [0.1, 0.15) is 18.1 Å². The SMILES string of the molecule is CCN1CCN(Cc2ccc(C=NN=C(N)N)cc2)CC1. The number of piperazine rings is 1. The lowest BCUT2D eigenvalue weighted by atomic mass is 10.1. The molecule has 0 unspecified atom stereocenters. The van der Waals surface area contributed by atoms with Crippen LogP contribution in [0.2, 0.25) is 0 Å². The molecule has 0 spiro atoms. The van der Waals surface area contributed by atoms with E-state index in [1.54, 1.807) is 6.21 Å². The molecule has 1 saturated heterocycles. The van der Waals surface area contributed by atoms with Gasteiger partial charge < -0.3 is 16.4 Å². The zero-order chi connectivity index (χ0) is 15.1. The van der Waals surface area contributed by atoms with Gasteiger partial charge in [-0.1, -0.05) is 31.2 Å². The number of hydrogen-bond donors (Lipinski definition) is 2. The average Bonchev–Trinajstić information content (AvgIpc) is 2.49. The number of hydrogen-bond acceptors (Lipinski definition) is 4. The van der Waals surface area contributed by atoms with Crippen molar-refractivity contribution in [3.05, 3.63) is 35.4 Å². The normalized spacial score (nSPS) is 17.2. The van der Waals surface area contributed by atoms with Gasteiger partial charge in [-0.25, -0.2) is 0 Å². The molecule has 21 heavy (non-hydrogen) atoms. The van der Waals surface area contributed by atoms with Crippen LogP contribution in [0.25, 0.3) is 0 Å². The molecule has 2 rings (SSSR count). The lowest BCUT2D eigenvalue weighted by Crippen LogP contribution is -2.45. The number of guanidine groups is 1. The van der Waals surface area contributed by atoms with Crippen LogP contribution in [-0.4, -0.2) is 54.7 Å². The molecule has 0 bridgehead atoms. The fourth-order valence-electron chi connectivity index (χ4n) is 2.39. The molecule has 1 aromatic carbocycles. The first kappa shape index (κ1) is 15.5. The fraction of sp³-hybridized carbons (Fsp3) is 0.467. The number of nitrogens with zero attached hydrogens (tertiary/aromatic N) is 4. The fourth-order valence-corrected chi connectivity index (χ4v) is 2.39. The van der Waals surface area contributed by atoms with Crippen molar-refractivity contribution in [1.29, 1.82) is 0 Å². The van der Waals surface area contributed by atoms with Crippen LogP contribution in [0.15, 0.2) is 34.5 Å². The molecule has 1 aromatic rings. The van der Waals surface area contributed by atoms with Crippen molar-refractivity contribution in [2.24, 2.45) is 21.7 Å². The highest BCUT2D eigenvalue weighted by Crippen LogP contribution is 2.09. The summed E-state index contributed by atoms with van der Waals surface area (Å²) in [5.74, 6) is -0.0332. The first-order chi connectivity index (χ1) is 10.2. The van der Waals surface area contributed by atoms with Crippen molar-refractivity contribution in [2.75, 3.05) is 32.7 Å². The maximum absolute atomic E-state index is 5.21. The second kappa shape index (κ2) is 7.75. The van der Waals surface area contributed by atoms with Crippen LogP contribution in [0, 0.1) is 0 Å². The van der Waals surface area contributed by atoms with E-state index < -0.39 is 0 Å². The van der Waals surface area contributed by atoms with Gasteiger partial charge in [0.2, 0.25) is 5.96 Å². The molecule has 0 saturated carbocycles. The lowest BCUT2D eigenvalue weighted by molar-refractivity contribution is 0.132. The zero-order valence-electron chi connectivity index (χ0n) is 12.6. The van der Waals surface area contributed by atoms with Gasteiger partial charge >= 0.3 is 0 Å². The Morgan fingerprint density at radius 1 is 1.10 bits per heavy atom. The Bertz CT molecular complexity index is 481. The van der Waals surface area contributed by atoms with E-state index in [2.05, 4.69) is 39.1 Å².